The molecule has 0 spiro atoms. The van der Waals surface area contributed by atoms with Crippen molar-refractivity contribution >= 4 is 17.7 Å². The van der Waals surface area contributed by atoms with Crippen LogP contribution < -0.4 is 0 Å². The highest BCUT2D eigenvalue weighted by atomic mass is 32.2. The first-order valence-electron chi connectivity index (χ1n) is 10.1. The van der Waals surface area contributed by atoms with Crippen LogP contribution in [0.5, 0.6) is 0 Å². The van der Waals surface area contributed by atoms with Crippen LogP contribution in [0.2, 0.25) is 0 Å². The van der Waals surface area contributed by atoms with Crippen molar-refractivity contribution in [2.45, 2.75) is 98.8 Å². The average molecular weight is 373 g/mol. The zero-order chi connectivity index (χ0) is 19.6. The second kappa shape index (κ2) is 18.4. The quantitative estimate of drug-likeness (QED) is 0.191. The standard InChI is InChI=1S/C17H34O2.C5H10S/c1-5-6-7-8-9-10-11-12-13-14-15-19-16(18)17(2,3)4;1-5(2)4-6-3/h5-15H2,1-4H3;1,4H2,2-3H3. The molecule has 0 aromatic carbocycles. The van der Waals surface area contributed by atoms with Gasteiger partial charge in [0.25, 0.3) is 0 Å². The summed E-state index contributed by atoms with van der Waals surface area (Å²) in [5, 5.41) is 0. The van der Waals surface area contributed by atoms with Gasteiger partial charge in [-0.05, 0) is 40.4 Å². The minimum absolute atomic E-state index is 0.0802. The lowest BCUT2D eigenvalue weighted by molar-refractivity contribution is -0.153. The van der Waals surface area contributed by atoms with Gasteiger partial charge in [0.1, 0.15) is 0 Å². The van der Waals surface area contributed by atoms with Gasteiger partial charge in [-0.15, -0.1) is 0 Å². The maximum atomic E-state index is 11.5. The van der Waals surface area contributed by atoms with E-state index in [1.807, 2.05) is 39.5 Å². The van der Waals surface area contributed by atoms with E-state index in [2.05, 4.69) is 19.8 Å². The Hall–Kier alpha value is -0.440. The summed E-state index contributed by atoms with van der Waals surface area (Å²) < 4.78 is 5.24. The Labute approximate surface area is 162 Å². The van der Waals surface area contributed by atoms with Crippen LogP contribution in [0.25, 0.3) is 0 Å². The van der Waals surface area contributed by atoms with Gasteiger partial charge in [-0.3, -0.25) is 4.79 Å². The van der Waals surface area contributed by atoms with Crippen LogP contribution in [0.3, 0.4) is 0 Å². The molecule has 0 aliphatic heterocycles. The number of rotatable bonds is 13. The van der Waals surface area contributed by atoms with Gasteiger partial charge in [0.2, 0.25) is 0 Å². The van der Waals surface area contributed by atoms with E-state index < -0.39 is 0 Å². The smallest absolute Gasteiger partial charge is 0.311 e. The van der Waals surface area contributed by atoms with Crippen molar-refractivity contribution in [3.8, 4) is 0 Å². The topological polar surface area (TPSA) is 26.3 Å². The molecule has 0 aliphatic rings. The molecule has 0 aliphatic carbocycles. The van der Waals surface area contributed by atoms with E-state index in [9.17, 15) is 4.79 Å². The summed E-state index contributed by atoms with van der Waals surface area (Å²) in [5.41, 5.74) is 0.890. The highest BCUT2D eigenvalue weighted by Gasteiger charge is 2.22. The summed E-state index contributed by atoms with van der Waals surface area (Å²) >= 11 is 1.81. The molecule has 150 valence electrons. The molecule has 0 saturated heterocycles. The second-order valence-electron chi connectivity index (χ2n) is 7.96. The van der Waals surface area contributed by atoms with Crippen molar-refractivity contribution in [2.75, 3.05) is 18.6 Å². The summed E-state index contributed by atoms with van der Waals surface area (Å²) in [5.74, 6) is 1.02. The van der Waals surface area contributed by atoms with Gasteiger partial charge in [-0.2, -0.15) is 11.8 Å². The van der Waals surface area contributed by atoms with Crippen LogP contribution in [-0.4, -0.2) is 24.6 Å². The number of thioether (sulfide) groups is 1. The van der Waals surface area contributed by atoms with Crippen LogP contribution in [0, 0.1) is 5.41 Å². The normalized spacial score (nSPS) is 10.8. The molecule has 0 radical (unpaired) electrons. The summed E-state index contributed by atoms with van der Waals surface area (Å²) in [6.45, 7) is 14.3. The predicted octanol–water partition coefficient (Wildman–Crippen LogP) is 7.42. The number of esters is 1. The summed E-state index contributed by atoms with van der Waals surface area (Å²) in [7, 11) is 0. The number of unbranched alkanes of at least 4 members (excludes halogenated alkanes) is 9. The van der Waals surface area contributed by atoms with Crippen LogP contribution in [0.15, 0.2) is 12.2 Å². The zero-order valence-electron chi connectivity index (χ0n) is 17.9. The molecule has 25 heavy (non-hydrogen) atoms. The van der Waals surface area contributed by atoms with Gasteiger partial charge in [-0.25, -0.2) is 0 Å². The summed E-state index contributed by atoms with van der Waals surface area (Å²) in [4.78, 5) is 11.5. The van der Waals surface area contributed by atoms with Gasteiger partial charge in [0.05, 0.1) is 12.0 Å². The summed E-state index contributed by atoms with van der Waals surface area (Å²) in [6.07, 6.45) is 15.2. The second-order valence-corrected chi connectivity index (χ2v) is 8.82. The molecular weight excluding hydrogens is 328 g/mol. The van der Waals surface area contributed by atoms with Crippen molar-refractivity contribution in [2.24, 2.45) is 5.41 Å². The van der Waals surface area contributed by atoms with Gasteiger partial charge < -0.3 is 4.74 Å². The highest BCUT2D eigenvalue weighted by molar-refractivity contribution is 7.98. The Morgan fingerprint density at radius 2 is 1.36 bits per heavy atom. The molecule has 0 saturated carbocycles. The van der Waals surface area contributed by atoms with Gasteiger partial charge >= 0.3 is 5.97 Å². The Balaban J connectivity index is 0. The molecule has 3 heteroatoms. The average Bonchev–Trinajstić information content (AvgIpc) is 2.52. The number of carbonyl (C=O) groups excluding carboxylic acids is 1. The molecule has 0 bridgehead atoms. The molecule has 0 amide bonds. The molecule has 2 nitrogen and oxygen atoms in total. The van der Waals surface area contributed by atoms with Crippen LogP contribution in [-0.2, 0) is 9.53 Å². The Kier molecular flexibility index (Phi) is 19.7. The van der Waals surface area contributed by atoms with E-state index in [0.717, 1.165) is 12.2 Å². The van der Waals surface area contributed by atoms with E-state index in [1.165, 1.54) is 63.4 Å². The van der Waals surface area contributed by atoms with E-state index in [4.69, 9.17) is 4.74 Å². The van der Waals surface area contributed by atoms with Gasteiger partial charge in [0, 0.05) is 5.75 Å². The van der Waals surface area contributed by atoms with Gasteiger partial charge in [0.15, 0.2) is 0 Å². The molecular formula is C22H44O2S. The number of ether oxygens (including phenoxy) is 1. The van der Waals surface area contributed by atoms with Crippen molar-refractivity contribution in [1.29, 1.82) is 0 Å². The van der Waals surface area contributed by atoms with Gasteiger partial charge in [-0.1, -0.05) is 76.9 Å². The third-order valence-electron chi connectivity index (χ3n) is 3.73. The fourth-order valence-electron chi connectivity index (χ4n) is 2.22. The van der Waals surface area contributed by atoms with E-state index in [0.29, 0.717) is 6.61 Å². The third-order valence-corrected chi connectivity index (χ3v) is 4.52. The van der Waals surface area contributed by atoms with Crippen LogP contribution in [0.1, 0.15) is 98.8 Å². The van der Waals surface area contributed by atoms with Crippen molar-refractivity contribution in [3.05, 3.63) is 12.2 Å². The largest absolute Gasteiger partial charge is 0.465 e. The number of hydrogen-bond acceptors (Lipinski definition) is 3. The first kappa shape index (κ1) is 26.8. The highest BCUT2D eigenvalue weighted by Crippen LogP contribution is 2.16. The molecule has 0 aromatic rings. The molecule has 0 unspecified atom stereocenters. The number of hydrogen-bond donors (Lipinski definition) is 0. The van der Waals surface area contributed by atoms with Crippen molar-refractivity contribution in [3.63, 3.8) is 0 Å². The molecule has 0 rings (SSSR count). The van der Waals surface area contributed by atoms with E-state index in [1.54, 1.807) is 0 Å². The monoisotopic (exact) mass is 372 g/mol. The lowest BCUT2D eigenvalue weighted by atomic mass is 9.97. The maximum Gasteiger partial charge on any atom is 0.311 e. The van der Waals surface area contributed by atoms with E-state index >= 15 is 0 Å². The molecule has 0 fully saturated rings. The molecule has 0 N–H and O–H groups in total. The van der Waals surface area contributed by atoms with Crippen molar-refractivity contribution in [1.82, 2.24) is 0 Å². The van der Waals surface area contributed by atoms with Crippen LogP contribution >= 0.6 is 11.8 Å². The Bertz CT molecular complexity index is 318. The zero-order valence-corrected chi connectivity index (χ0v) is 18.7. The minimum Gasteiger partial charge on any atom is -0.465 e. The maximum absolute atomic E-state index is 11.5. The Morgan fingerprint density at radius 1 is 0.920 bits per heavy atom. The van der Waals surface area contributed by atoms with Crippen LogP contribution in [0.4, 0.5) is 0 Å². The minimum atomic E-state index is -0.363. The Morgan fingerprint density at radius 3 is 1.68 bits per heavy atom. The first-order valence-corrected chi connectivity index (χ1v) is 11.5. The summed E-state index contributed by atoms with van der Waals surface area (Å²) in [6, 6.07) is 0. The molecule has 0 heterocycles. The SMILES string of the molecule is C=C(C)CSC.CCCCCCCCCCCCOC(=O)C(C)(C)C. The third kappa shape index (κ3) is 23.6. The number of carbonyl (C=O) groups is 1. The molecule has 0 atom stereocenters. The first-order chi connectivity index (χ1) is 11.8. The predicted molar refractivity (Wildman–Crippen MR) is 115 cm³/mol. The van der Waals surface area contributed by atoms with E-state index in [-0.39, 0.29) is 11.4 Å². The molecule has 0 aromatic heterocycles. The lowest BCUT2D eigenvalue weighted by Gasteiger charge is -2.16. The fourth-order valence-corrected chi connectivity index (χ4v) is 2.71. The lowest BCUT2D eigenvalue weighted by Crippen LogP contribution is -2.23. The fraction of sp³-hybridized carbons (Fsp3) is 0.864. The van der Waals surface area contributed by atoms with Crippen molar-refractivity contribution < 1.29 is 9.53 Å².